The predicted molar refractivity (Wildman–Crippen MR) is 63.0 cm³/mol. The third kappa shape index (κ3) is 5.08. The second-order valence-corrected chi connectivity index (χ2v) is 8.36. The van der Waals surface area contributed by atoms with Gasteiger partial charge in [0.15, 0.2) is 0 Å². The fourth-order valence-corrected chi connectivity index (χ4v) is 4.91. The molecule has 4 nitrogen and oxygen atoms in total. The Bertz CT molecular complexity index is 326. The van der Waals surface area contributed by atoms with E-state index in [0.29, 0.717) is 0 Å². The standard InChI is InChI=1S/C9H19NO3S2/c1-15(12,13)6-5-14(11)9-4-2-3-8(10)7-9/h8-9H,2-7,10H2,1H3. The lowest BCUT2D eigenvalue weighted by Gasteiger charge is -2.25. The van der Waals surface area contributed by atoms with Crippen molar-refractivity contribution in [2.45, 2.75) is 37.0 Å². The maximum absolute atomic E-state index is 11.8. The van der Waals surface area contributed by atoms with Crippen molar-refractivity contribution in [1.29, 1.82) is 0 Å². The quantitative estimate of drug-likeness (QED) is 0.768. The van der Waals surface area contributed by atoms with Crippen LogP contribution in [0.4, 0.5) is 0 Å². The third-order valence-electron chi connectivity index (χ3n) is 2.69. The van der Waals surface area contributed by atoms with Crippen LogP contribution in [0.3, 0.4) is 0 Å². The van der Waals surface area contributed by atoms with Gasteiger partial charge in [0, 0.05) is 34.1 Å². The molecular weight excluding hydrogens is 234 g/mol. The van der Waals surface area contributed by atoms with Gasteiger partial charge in [0.1, 0.15) is 9.84 Å². The number of nitrogens with two attached hydrogens (primary N) is 1. The van der Waals surface area contributed by atoms with Gasteiger partial charge in [0.2, 0.25) is 0 Å². The van der Waals surface area contributed by atoms with Crippen LogP contribution in [0.1, 0.15) is 25.7 Å². The number of hydrogen-bond acceptors (Lipinski definition) is 4. The largest absolute Gasteiger partial charge is 0.328 e. The van der Waals surface area contributed by atoms with Crippen LogP contribution < -0.4 is 5.73 Å². The summed E-state index contributed by atoms with van der Waals surface area (Å²) in [5.41, 5.74) is 5.79. The highest BCUT2D eigenvalue weighted by molar-refractivity contribution is 7.92. The summed E-state index contributed by atoms with van der Waals surface area (Å²) < 4.78 is 33.6. The monoisotopic (exact) mass is 253 g/mol. The topological polar surface area (TPSA) is 77.2 Å². The molecule has 0 saturated heterocycles. The van der Waals surface area contributed by atoms with E-state index in [1.807, 2.05) is 0 Å². The van der Waals surface area contributed by atoms with E-state index < -0.39 is 20.6 Å². The molecule has 3 unspecified atom stereocenters. The summed E-state index contributed by atoms with van der Waals surface area (Å²) in [6, 6.07) is 0.144. The average Bonchev–Trinajstić information content (AvgIpc) is 2.13. The molecule has 0 aromatic carbocycles. The molecule has 0 aliphatic heterocycles. The van der Waals surface area contributed by atoms with Crippen LogP contribution in [0.2, 0.25) is 0 Å². The lowest BCUT2D eigenvalue weighted by atomic mass is 9.96. The van der Waals surface area contributed by atoms with Gasteiger partial charge in [-0.05, 0) is 19.3 Å². The molecule has 0 bridgehead atoms. The minimum absolute atomic E-state index is 0.0192. The summed E-state index contributed by atoms with van der Waals surface area (Å²) >= 11 is 0. The molecule has 90 valence electrons. The average molecular weight is 253 g/mol. The van der Waals surface area contributed by atoms with Gasteiger partial charge in [-0.1, -0.05) is 6.42 Å². The van der Waals surface area contributed by atoms with Gasteiger partial charge >= 0.3 is 0 Å². The summed E-state index contributed by atoms with van der Waals surface area (Å²) in [7, 11) is -4.03. The molecule has 1 aliphatic rings. The Hall–Kier alpha value is 0.0600. The van der Waals surface area contributed by atoms with Crippen molar-refractivity contribution in [3.05, 3.63) is 0 Å². The van der Waals surface area contributed by atoms with Crippen molar-refractivity contribution in [1.82, 2.24) is 0 Å². The van der Waals surface area contributed by atoms with Crippen LogP contribution in [0.5, 0.6) is 0 Å². The first-order chi connectivity index (χ1) is 6.88. The molecule has 15 heavy (non-hydrogen) atoms. The third-order valence-corrected chi connectivity index (χ3v) is 5.68. The predicted octanol–water partition coefficient (Wildman–Crippen LogP) is 0.0496. The van der Waals surface area contributed by atoms with E-state index >= 15 is 0 Å². The lowest BCUT2D eigenvalue weighted by molar-refractivity contribution is 0.444. The first-order valence-corrected chi connectivity index (χ1v) is 8.63. The second kappa shape index (κ2) is 5.41. The normalized spacial score (nSPS) is 30.0. The van der Waals surface area contributed by atoms with Gasteiger partial charge in [-0.15, -0.1) is 0 Å². The van der Waals surface area contributed by atoms with E-state index in [9.17, 15) is 12.6 Å². The summed E-state index contributed by atoms with van der Waals surface area (Å²) in [4.78, 5) is 0. The smallest absolute Gasteiger partial charge is 0.148 e. The number of sulfone groups is 1. The Balaban J connectivity index is 2.40. The fourth-order valence-electron chi connectivity index (χ4n) is 1.82. The van der Waals surface area contributed by atoms with Crippen molar-refractivity contribution >= 4 is 20.6 Å². The highest BCUT2D eigenvalue weighted by Crippen LogP contribution is 2.21. The molecule has 0 amide bonds. The summed E-state index contributed by atoms with van der Waals surface area (Å²) in [6.45, 7) is 0. The molecule has 1 rings (SSSR count). The molecule has 6 heteroatoms. The van der Waals surface area contributed by atoms with Crippen LogP contribution in [0.25, 0.3) is 0 Å². The van der Waals surface area contributed by atoms with Crippen molar-refractivity contribution in [3.8, 4) is 0 Å². The molecule has 1 aliphatic carbocycles. The van der Waals surface area contributed by atoms with Crippen LogP contribution >= 0.6 is 0 Å². The van der Waals surface area contributed by atoms with E-state index in [4.69, 9.17) is 5.73 Å². The second-order valence-electron chi connectivity index (χ2n) is 4.26. The van der Waals surface area contributed by atoms with E-state index in [0.717, 1.165) is 25.7 Å². The maximum Gasteiger partial charge on any atom is 0.148 e. The Morgan fingerprint density at radius 1 is 1.40 bits per heavy atom. The lowest BCUT2D eigenvalue weighted by Crippen LogP contribution is -2.34. The molecule has 0 aromatic rings. The van der Waals surface area contributed by atoms with Crippen LogP contribution in [0.15, 0.2) is 0 Å². The Labute approximate surface area is 94.0 Å². The Kier molecular flexibility index (Phi) is 4.73. The van der Waals surface area contributed by atoms with Gasteiger partial charge in [0.05, 0.1) is 5.75 Å². The zero-order valence-corrected chi connectivity index (χ0v) is 10.6. The van der Waals surface area contributed by atoms with Gasteiger partial charge in [-0.3, -0.25) is 4.21 Å². The van der Waals surface area contributed by atoms with Crippen molar-refractivity contribution in [3.63, 3.8) is 0 Å². The van der Waals surface area contributed by atoms with Crippen LogP contribution in [0, 0.1) is 0 Å². The SMILES string of the molecule is CS(=O)(=O)CCS(=O)C1CCCC(N)C1. The van der Waals surface area contributed by atoms with E-state index in [-0.39, 0.29) is 22.8 Å². The van der Waals surface area contributed by atoms with Gasteiger partial charge < -0.3 is 5.73 Å². The molecule has 0 radical (unpaired) electrons. The summed E-state index contributed by atoms with van der Waals surface area (Å²) in [5.74, 6) is 0.279. The molecule has 2 N–H and O–H groups in total. The zero-order valence-electron chi connectivity index (χ0n) is 9.02. The highest BCUT2D eigenvalue weighted by atomic mass is 32.2. The fraction of sp³-hybridized carbons (Fsp3) is 1.00. The molecule has 0 spiro atoms. The minimum atomic E-state index is -3.00. The van der Waals surface area contributed by atoms with Gasteiger partial charge in [-0.2, -0.15) is 0 Å². The summed E-state index contributed by atoms with van der Waals surface area (Å²) in [5, 5.41) is 0.107. The number of hydrogen-bond donors (Lipinski definition) is 1. The van der Waals surface area contributed by atoms with Gasteiger partial charge in [-0.25, -0.2) is 8.42 Å². The van der Waals surface area contributed by atoms with Crippen LogP contribution in [-0.4, -0.2) is 41.7 Å². The molecule has 0 heterocycles. The van der Waals surface area contributed by atoms with Crippen molar-refractivity contribution < 1.29 is 12.6 Å². The summed E-state index contributed by atoms with van der Waals surface area (Å²) in [6.07, 6.45) is 4.88. The van der Waals surface area contributed by atoms with Crippen molar-refractivity contribution in [2.75, 3.05) is 17.8 Å². The molecule has 1 fully saturated rings. The molecule has 1 saturated carbocycles. The molecular formula is C9H19NO3S2. The van der Waals surface area contributed by atoms with Gasteiger partial charge in [0.25, 0.3) is 0 Å². The molecule has 0 aromatic heterocycles. The zero-order chi connectivity index (χ0) is 11.5. The molecule has 3 atom stereocenters. The van der Waals surface area contributed by atoms with Crippen LogP contribution in [-0.2, 0) is 20.6 Å². The first kappa shape index (κ1) is 13.1. The Morgan fingerprint density at radius 2 is 2.07 bits per heavy atom. The number of rotatable bonds is 4. The highest BCUT2D eigenvalue weighted by Gasteiger charge is 2.24. The van der Waals surface area contributed by atoms with E-state index in [1.165, 1.54) is 6.26 Å². The van der Waals surface area contributed by atoms with Crippen molar-refractivity contribution in [2.24, 2.45) is 5.73 Å². The minimum Gasteiger partial charge on any atom is -0.328 e. The Morgan fingerprint density at radius 3 is 2.60 bits per heavy atom. The maximum atomic E-state index is 11.8. The van der Waals surface area contributed by atoms with E-state index in [1.54, 1.807) is 0 Å². The van der Waals surface area contributed by atoms with E-state index in [2.05, 4.69) is 0 Å². The first-order valence-electron chi connectivity index (χ1n) is 5.19.